The van der Waals surface area contributed by atoms with Crippen LogP contribution in [0.4, 0.5) is 0 Å². The third-order valence-corrected chi connectivity index (χ3v) is 3.89. The average Bonchev–Trinajstić information content (AvgIpc) is 2.83. The molecule has 1 heterocycles. The van der Waals surface area contributed by atoms with Crippen molar-refractivity contribution in [2.45, 2.75) is 58.0 Å². The summed E-state index contributed by atoms with van der Waals surface area (Å²) < 4.78 is 5.13. The Morgan fingerprint density at radius 3 is 3.06 bits per heavy atom. The Morgan fingerprint density at radius 2 is 2.38 bits per heavy atom. The van der Waals surface area contributed by atoms with Crippen molar-refractivity contribution in [3.63, 3.8) is 0 Å². The van der Waals surface area contributed by atoms with Gasteiger partial charge in [-0.15, -0.1) is 0 Å². The monoisotopic (exact) mass is 221 g/mol. The molecule has 1 fully saturated rings. The average molecular weight is 221 g/mol. The van der Waals surface area contributed by atoms with E-state index < -0.39 is 0 Å². The highest BCUT2D eigenvalue weighted by Gasteiger charge is 2.22. The highest BCUT2D eigenvalue weighted by atomic mass is 16.3. The van der Waals surface area contributed by atoms with Gasteiger partial charge in [-0.25, -0.2) is 0 Å². The highest BCUT2D eigenvalue weighted by molar-refractivity contribution is 5.10. The molecule has 0 bridgehead atoms. The number of furan rings is 1. The molecule has 2 rings (SSSR count). The summed E-state index contributed by atoms with van der Waals surface area (Å²) in [7, 11) is 0. The van der Waals surface area contributed by atoms with Crippen LogP contribution >= 0.6 is 0 Å². The van der Waals surface area contributed by atoms with Gasteiger partial charge in [0.15, 0.2) is 0 Å². The van der Waals surface area contributed by atoms with Gasteiger partial charge in [-0.05, 0) is 31.7 Å². The summed E-state index contributed by atoms with van der Waals surface area (Å²) in [6.07, 6.45) is 10.4. The van der Waals surface area contributed by atoms with E-state index in [1.165, 1.54) is 37.7 Å². The van der Waals surface area contributed by atoms with Crippen molar-refractivity contribution in [3.05, 3.63) is 24.2 Å². The van der Waals surface area contributed by atoms with E-state index in [9.17, 15) is 0 Å². The fourth-order valence-corrected chi connectivity index (χ4v) is 2.78. The van der Waals surface area contributed by atoms with Crippen LogP contribution in [0.3, 0.4) is 0 Å². The number of rotatable bonds is 4. The zero-order valence-corrected chi connectivity index (χ0v) is 10.4. The standard InChI is InChI=1S/C14H23NO/c1-3-12-5-4-6-14(9-12)15-11(2)13-7-8-16-10-13/h7-8,10-12,14-15H,3-6,9H2,1-2H3. The predicted molar refractivity (Wildman–Crippen MR) is 66.3 cm³/mol. The molecule has 1 aromatic heterocycles. The Balaban J connectivity index is 1.84. The van der Waals surface area contributed by atoms with Crippen LogP contribution < -0.4 is 5.32 Å². The molecule has 90 valence electrons. The lowest BCUT2D eigenvalue weighted by molar-refractivity contribution is 0.265. The molecule has 0 aliphatic heterocycles. The Kier molecular flexibility index (Phi) is 4.05. The summed E-state index contributed by atoms with van der Waals surface area (Å²) in [6.45, 7) is 4.53. The fourth-order valence-electron chi connectivity index (χ4n) is 2.78. The largest absolute Gasteiger partial charge is 0.472 e. The Hall–Kier alpha value is -0.760. The number of hydrogen-bond acceptors (Lipinski definition) is 2. The summed E-state index contributed by atoms with van der Waals surface area (Å²) in [5, 5.41) is 3.73. The predicted octanol–water partition coefficient (Wildman–Crippen LogP) is 3.90. The first kappa shape index (κ1) is 11.7. The third-order valence-electron chi connectivity index (χ3n) is 3.89. The van der Waals surface area contributed by atoms with Crippen molar-refractivity contribution in [3.8, 4) is 0 Å². The zero-order valence-electron chi connectivity index (χ0n) is 10.4. The summed E-state index contributed by atoms with van der Waals surface area (Å²) in [6, 6.07) is 3.17. The van der Waals surface area contributed by atoms with E-state index in [1.54, 1.807) is 6.26 Å². The first-order valence-electron chi connectivity index (χ1n) is 6.57. The van der Waals surface area contributed by atoms with Gasteiger partial charge in [-0.3, -0.25) is 0 Å². The molecule has 1 N–H and O–H groups in total. The first-order chi connectivity index (χ1) is 7.79. The summed E-state index contributed by atoms with van der Waals surface area (Å²) >= 11 is 0. The molecule has 16 heavy (non-hydrogen) atoms. The summed E-state index contributed by atoms with van der Waals surface area (Å²) in [4.78, 5) is 0. The lowest BCUT2D eigenvalue weighted by atomic mass is 9.84. The Morgan fingerprint density at radius 1 is 1.50 bits per heavy atom. The molecule has 1 aromatic rings. The SMILES string of the molecule is CCC1CCCC(NC(C)c2ccoc2)C1. The molecular weight excluding hydrogens is 198 g/mol. The van der Waals surface area contributed by atoms with E-state index in [4.69, 9.17) is 4.42 Å². The third kappa shape index (κ3) is 2.88. The van der Waals surface area contributed by atoms with Gasteiger partial charge in [0.05, 0.1) is 12.5 Å². The van der Waals surface area contributed by atoms with E-state index >= 15 is 0 Å². The van der Waals surface area contributed by atoms with Crippen LogP contribution in [0.2, 0.25) is 0 Å². The molecular formula is C14H23NO. The molecule has 0 amide bonds. The van der Waals surface area contributed by atoms with Crippen LogP contribution in [0.5, 0.6) is 0 Å². The number of hydrogen-bond donors (Lipinski definition) is 1. The van der Waals surface area contributed by atoms with Crippen LogP contribution in [0, 0.1) is 5.92 Å². The second-order valence-corrected chi connectivity index (χ2v) is 5.08. The fraction of sp³-hybridized carbons (Fsp3) is 0.714. The summed E-state index contributed by atoms with van der Waals surface area (Å²) in [5.41, 5.74) is 1.26. The van der Waals surface area contributed by atoms with E-state index in [-0.39, 0.29) is 0 Å². The van der Waals surface area contributed by atoms with Crippen LogP contribution in [0.15, 0.2) is 23.0 Å². The Labute approximate surface area is 98.4 Å². The normalized spacial score (nSPS) is 27.9. The quantitative estimate of drug-likeness (QED) is 0.834. The molecule has 0 spiro atoms. The summed E-state index contributed by atoms with van der Waals surface area (Å²) in [5.74, 6) is 0.933. The van der Waals surface area contributed by atoms with Gasteiger partial charge in [-0.1, -0.05) is 26.2 Å². The molecule has 0 aromatic carbocycles. The van der Waals surface area contributed by atoms with Gasteiger partial charge in [-0.2, -0.15) is 0 Å². The molecule has 1 saturated carbocycles. The van der Waals surface area contributed by atoms with Crippen LogP contribution in [0.25, 0.3) is 0 Å². The molecule has 2 heteroatoms. The minimum Gasteiger partial charge on any atom is -0.472 e. The molecule has 3 unspecified atom stereocenters. The molecule has 1 aliphatic rings. The van der Waals surface area contributed by atoms with Gasteiger partial charge in [0, 0.05) is 17.6 Å². The van der Waals surface area contributed by atoms with Crippen molar-refractivity contribution in [1.82, 2.24) is 5.32 Å². The van der Waals surface area contributed by atoms with Gasteiger partial charge < -0.3 is 9.73 Å². The van der Waals surface area contributed by atoms with Crippen molar-refractivity contribution in [2.75, 3.05) is 0 Å². The zero-order chi connectivity index (χ0) is 11.4. The molecule has 0 saturated heterocycles. The van der Waals surface area contributed by atoms with E-state index in [0.29, 0.717) is 12.1 Å². The van der Waals surface area contributed by atoms with Crippen LogP contribution in [-0.4, -0.2) is 6.04 Å². The molecule has 3 atom stereocenters. The van der Waals surface area contributed by atoms with Gasteiger partial charge in [0.2, 0.25) is 0 Å². The van der Waals surface area contributed by atoms with Gasteiger partial charge in [0.1, 0.15) is 0 Å². The molecule has 0 radical (unpaired) electrons. The van der Waals surface area contributed by atoms with Crippen LogP contribution in [-0.2, 0) is 0 Å². The van der Waals surface area contributed by atoms with Gasteiger partial charge in [0.25, 0.3) is 0 Å². The second-order valence-electron chi connectivity index (χ2n) is 5.08. The molecule has 1 aliphatic carbocycles. The van der Waals surface area contributed by atoms with Crippen molar-refractivity contribution < 1.29 is 4.42 Å². The number of nitrogens with one attached hydrogen (secondary N) is 1. The van der Waals surface area contributed by atoms with Gasteiger partial charge >= 0.3 is 0 Å². The second kappa shape index (κ2) is 5.53. The van der Waals surface area contributed by atoms with E-state index in [2.05, 4.69) is 25.2 Å². The smallest absolute Gasteiger partial charge is 0.0950 e. The lowest BCUT2D eigenvalue weighted by Gasteiger charge is -2.31. The van der Waals surface area contributed by atoms with Crippen molar-refractivity contribution in [2.24, 2.45) is 5.92 Å². The van der Waals surface area contributed by atoms with Crippen molar-refractivity contribution in [1.29, 1.82) is 0 Å². The molecule has 2 nitrogen and oxygen atoms in total. The minimum atomic E-state index is 0.416. The van der Waals surface area contributed by atoms with Crippen LogP contribution in [0.1, 0.15) is 57.6 Å². The maximum Gasteiger partial charge on any atom is 0.0950 e. The maximum absolute atomic E-state index is 5.13. The highest BCUT2D eigenvalue weighted by Crippen LogP contribution is 2.28. The van der Waals surface area contributed by atoms with Crippen molar-refractivity contribution >= 4 is 0 Å². The van der Waals surface area contributed by atoms with E-state index in [0.717, 1.165) is 5.92 Å². The first-order valence-corrected chi connectivity index (χ1v) is 6.57. The lowest BCUT2D eigenvalue weighted by Crippen LogP contribution is -2.35. The van der Waals surface area contributed by atoms with E-state index in [1.807, 2.05) is 6.26 Å². The maximum atomic E-state index is 5.13. The minimum absolute atomic E-state index is 0.416. The topological polar surface area (TPSA) is 25.2 Å². The Bertz CT molecular complexity index is 294.